The Kier molecular flexibility index (Phi) is 7.39. The molecule has 0 aliphatic carbocycles. The molecule has 1 aromatic rings. The molecule has 0 fully saturated rings. The van der Waals surface area contributed by atoms with Crippen LogP contribution in [0.1, 0.15) is 31.9 Å². The van der Waals surface area contributed by atoms with E-state index in [1.54, 1.807) is 0 Å². The average Bonchev–Trinajstić information content (AvgIpc) is 2.38. The fraction of sp³-hybridized carbons (Fsp3) is 0.600. The van der Waals surface area contributed by atoms with Crippen molar-refractivity contribution < 1.29 is 5.11 Å². The van der Waals surface area contributed by atoms with E-state index in [2.05, 4.69) is 24.1 Å². The van der Waals surface area contributed by atoms with Crippen LogP contribution >= 0.6 is 11.6 Å². The maximum atomic E-state index is 9.97. The van der Waals surface area contributed by atoms with Gasteiger partial charge >= 0.3 is 0 Å². The second-order valence-electron chi connectivity index (χ2n) is 5.00. The zero-order valence-corrected chi connectivity index (χ0v) is 12.8. The van der Waals surface area contributed by atoms with Gasteiger partial charge in [0.25, 0.3) is 0 Å². The summed E-state index contributed by atoms with van der Waals surface area (Å²) in [7, 11) is 2.01. The number of rotatable bonds is 8. The summed E-state index contributed by atoms with van der Waals surface area (Å²) in [4.78, 5) is 2.12. The largest absolute Gasteiger partial charge is 0.390 e. The molecule has 2 atom stereocenters. The van der Waals surface area contributed by atoms with Crippen molar-refractivity contribution in [3.05, 3.63) is 34.9 Å². The first-order chi connectivity index (χ1) is 9.06. The van der Waals surface area contributed by atoms with Gasteiger partial charge in [0.15, 0.2) is 0 Å². The first-order valence-corrected chi connectivity index (χ1v) is 7.27. The number of likely N-dealkylation sites (N-methyl/N-ethyl adjacent to an activating group) is 1. The number of benzene rings is 1. The SMILES string of the molecule is CCCNCC(O)CN(C)C(C)c1ccccc1Cl. The van der Waals surface area contributed by atoms with Crippen LogP contribution in [-0.4, -0.2) is 42.8 Å². The highest BCUT2D eigenvalue weighted by molar-refractivity contribution is 6.31. The van der Waals surface area contributed by atoms with E-state index >= 15 is 0 Å². The first kappa shape index (κ1) is 16.4. The predicted molar refractivity (Wildman–Crippen MR) is 81.7 cm³/mol. The Labute approximate surface area is 121 Å². The van der Waals surface area contributed by atoms with Crippen LogP contribution in [-0.2, 0) is 0 Å². The number of halogens is 1. The van der Waals surface area contributed by atoms with Gasteiger partial charge in [0.05, 0.1) is 6.10 Å². The summed E-state index contributed by atoms with van der Waals surface area (Å²) in [6.07, 6.45) is 0.722. The second kappa shape index (κ2) is 8.54. The highest BCUT2D eigenvalue weighted by Gasteiger charge is 2.16. The van der Waals surface area contributed by atoms with Crippen molar-refractivity contribution in [3.8, 4) is 0 Å². The second-order valence-corrected chi connectivity index (χ2v) is 5.40. The topological polar surface area (TPSA) is 35.5 Å². The standard InChI is InChI=1S/C15H25ClN2O/c1-4-9-17-10-13(19)11-18(3)12(2)14-7-5-6-8-15(14)16/h5-8,12-13,17,19H,4,9-11H2,1-3H3. The molecule has 3 nitrogen and oxygen atoms in total. The molecule has 0 spiro atoms. The van der Waals surface area contributed by atoms with Crippen molar-refractivity contribution in [2.45, 2.75) is 32.4 Å². The third-order valence-corrected chi connectivity index (χ3v) is 3.67. The number of hydrogen-bond donors (Lipinski definition) is 2. The van der Waals surface area contributed by atoms with Crippen molar-refractivity contribution in [2.75, 3.05) is 26.7 Å². The van der Waals surface area contributed by atoms with E-state index in [0.717, 1.165) is 23.6 Å². The monoisotopic (exact) mass is 284 g/mol. The molecule has 2 N–H and O–H groups in total. The molecule has 1 aromatic carbocycles. The summed E-state index contributed by atoms with van der Waals surface area (Å²) in [5, 5.41) is 14.0. The molecule has 0 aromatic heterocycles. The van der Waals surface area contributed by atoms with Crippen molar-refractivity contribution in [1.29, 1.82) is 0 Å². The van der Waals surface area contributed by atoms with Crippen LogP contribution in [0.15, 0.2) is 24.3 Å². The van der Waals surface area contributed by atoms with Crippen LogP contribution in [0.4, 0.5) is 0 Å². The summed E-state index contributed by atoms with van der Waals surface area (Å²) in [6.45, 7) is 6.43. The molecule has 0 bridgehead atoms. The Balaban J connectivity index is 2.48. The van der Waals surface area contributed by atoms with Gasteiger partial charge in [0, 0.05) is 24.2 Å². The van der Waals surface area contributed by atoms with E-state index in [0.29, 0.717) is 13.1 Å². The minimum atomic E-state index is -0.360. The van der Waals surface area contributed by atoms with Crippen molar-refractivity contribution in [2.24, 2.45) is 0 Å². The van der Waals surface area contributed by atoms with Crippen LogP contribution in [0.25, 0.3) is 0 Å². The lowest BCUT2D eigenvalue weighted by molar-refractivity contribution is 0.107. The molecule has 0 aliphatic rings. The van der Waals surface area contributed by atoms with E-state index in [1.807, 2.05) is 31.3 Å². The third kappa shape index (κ3) is 5.49. The minimum absolute atomic E-state index is 0.189. The molecule has 4 heteroatoms. The van der Waals surface area contributed by atoms with Gasteiger partial charge in [-0.3, -0.25) is 4.90 Å². The molecule has 0 saturated carbocycles. The Morgan fingerprint density at radius 3 is 2.68 bits per heavy atom. The predicted octanol–water partition coefficient (Wildman–Crippen LogP) is 2.69. The molecule has 0 aliphatic heterocycles. The number of nitrogens with one attached hydrogen (secondary N) is 1. The Morgan fingerprint density at radius 1 is 1.37 bits per heavy atom. The van der Waals surface area contributed by atoms with E-state index in [-0.39, 0.29) is 12.1 Å². The lowest BCUT2D eigenvalue weighted by Crippen LogP contribution is -2.37. The lowest BCUT2D eigenvalue weighted by atomic mass is 10.1. The average molecular weight is 285 g/mol. The van der Waals surface area contributed by atoms with Gasteiger partial charge < -0.3 is 10.4 Å². The molecule has 1 rings (SSSR count). The van der Waals surface area contributed by atoms with Crippen molar-refractivity contribution >= 4 is 11.6 Å². The van der Waals surface area contributed by atoms with Crippen LogP contribution in [0.2, 0.25) is 5.02 Å². The summed E-state index contributed by atoms with van der Waals surface area (Å²) >= 11 is 6.20. The smallest absolute Gasteiger partial charge is 0.0791 e. The fourth-order valence-corrected chi connectivity index (χ4v) is 2.35. The van der Waals surface area contributed by atoms with Gasteiger partial charge in [0.1, 0.15) is 0 Å². The maximum absolute atomic E-state index is 9.97. The highest BCUT2D eigenvalue weighted by atomic mass is 35.5. The maximum Gasteiger partial charge on any atom is 0.0791 e. The number of nitrogens with zero attached hydrogens (tertiary/aromatic N) is 1. The molecule has 0 saturated heterocycles. The van der Waals surface area contributed by atoms with E-state index in [9.17, 15) is 5.11 Å². The summed E-state index contributed by atoms with van der Waals surface area (Å²) < 4.78 is 0. The molecule has 0 radical (unpaired) electrons. The molecular weight excluding hydrogens is 260 g/mol. The zero-order valence-electron chi connectivity index (χ0n) is 12.1. The Hall–Kier alpha value is -0.610. The lowest BCUT2D eigenvalue weighted by Gasteiger charge is -2.28. The quantitative estimate of drug-likeness (QED) is 0.721. The summed E-state index contributed by atoms with van der Waals surface area (Å²) in [5.74, 6) is 0. The van der Waals surface area contributed by atoms with Gasteiger partial charge in [-0.2, -0.15) is 0 Å². The normalized spacial score (nSPS) is 14.6. The molecule has 0 amide bonds. The first-order valence-electron chi connectivity index (χ1n) is 6.89. The molecule has 108 valence electrons. The van der Waals surface area contributed by atoms with Crippen molar-refractivity contribution in [1.82, 2.24) is 10.2 Å². The molecule has 19 heavy (non-hydrogen) atoms. The summed E-state index contributed by atoms with van der Waals surface area (Å²) in [6, 6.07) is 8.05. The Bertz CT molecular complexity index is 373. The van der Waals surface area contributed by atoms with E-state index < -0.39 is 0 Å². The van der Waals surface area contributed by atoms with Gasteiger partial charge in [-0.1, -0.05) is 36.7 Å². The van der Waals surface area contributed by atoms with Crippen molar-refractivity contribution in [3.63, 3.8) is 0 Å². The zero-order chi connectivity index (χ0) is 14.3. The van der Waals surface area contributed by atoms with Crippen LogP contribution < -0.4 is 5.32 Å². The third-order valence-electron chi connectivity index (χ3n) is 3.32. The summed E-state index contributed by atoms with van der Waals surface area (Å²) in [5.41, 5.74) is 1.10. The Morgan fingerprint density at radius 2 is 2.05 bits per heavy atom. The minimum Gasteiger partial charge on any atom is -0.390 e. The van der Waals surface area contributed by atoms with E-state index in [1.165, 1.54) is 0 Å². The van der Waals surface area contributed by atoms with Gasteiger partial charge in [0.2, 0.25) is 0 Å². The van der Waals surface area contributed by atoms with Crippen LogP contribution in [0.5, 0.6) is 0 Å². The number of hydrogen-bond acceptors (Lipinski definition) is 3. The molecule has 2 unspecified atom stereocenters. The van der Waals surface area contributed by atoms with Crippen LogP contribution in [0.3, 0.4) is 0 Å². The van der Waals surface area contributed by atoms with Crippen LogP contribution in [0, 0.1) is 0 Å². The molecular formula is C15H25ClN2O. The fourth-order valence-electron chi connectivity index (χ4n) is 2.05. The van der Waals surface area contributed by atoms with Gasteiger partial charge in [-0.15, -0.1) is 0 Å². The molecule has 0 heterocycles. The van der Waals surface area contributed by atoms with E-state index in [4.69, 9.17) is 11.6 Å². The van der Waals surface area contributed by atoms with Gasteiger partial charge in [-0.05, 0) is 38.6 Å². The van der Waals surface area contributed by atoms with Gasteiger partial charge in [-0.25, -0.2) is 0 Å². The number of aliphatic hydroxyl groups excluding tert-OH is 1. The highest BCUT2D eigenvalue weighted by Crippen LogP contribution is 2.26. The number of aliphatic hydroxyl groups is 1.